The van der Waals surface area contributed by atoms with Gasteiger partial charge in [0.15, 0.2) is 6.10 Å². The number of carbonyl (C=O) groups excluding carboxylic acids is 2. The summed E-state index contributed by atoms with van der Waals surface area (Å²) in [6.45, 7) is 4.67. The van der Waals surface area contributed by atoms with Crippen LogP contribution >= 0.6 is 0 Å². The predicted octanol–water partition coefficient (Wildman–Crippen LogP) is 11.0. The van der Waals surface area contributed by atoms with Gasteiger partial charge < -0.3 is 28.5 Å². The smallest absolute Gasteiger partial charge is 0.361 e. The maximum Gasteiger partial charge on any atom is 0.361 e. The van der Waals surface area contributed by atoms with Crippen molar-refractivity contribution in [2.75, 3.05) is 47.5 Å². The quantitative estimate of drug-likeness (QED) is 0.0217. The summed E-state index contributed by atoms with van der Waals surface area (Å²) < 4.78 is 22.7. The highest BCUT2D eigenvalue weighted by molar-refractivity contribution is 5.71. The summed E-state index contributed by atoms with van der Waals surface area (Å²) >= 11 is 0. The van der Waals surface area contributed by atoms with Crippen LogP contribution in [0.25, 0.3) is 0 Å². The first kappa shape index (κ1) is 52.0. The molecule has 0 aromatic rings. The molecule has 0 fully saturated rings. The van der Waals surface area contributed by atoms with Crippen LogP contribution in [-0.2, 0) is 33.3 Å². The zero-order valence-electron chi connectivity index (χ0n) is 35.6. The highest BCUT2D eigenvalue weighted by atomic mass is 16.7. The molecule has 0 bridgehead atoms. The Bertz CT molecular complexity index is 1090. The van der Waals surface area contributed by atoms with E-state index < -0.39 is 24.3 Å². The van der Waals surface area contributed by atoms with Crippen LogP contribution in [0.3, 0.4) is 0 Å². The van der Waals surface area contributed by atoms with E-state index in [-0.39, 0.29) is 38.6 Å². The van der Waals surface area contributed by atoms with Crippen molar-refractivity contribution >= 4 is 17.9 Å². The number of allylic oxidation sites excluding steroid dienone is 10. The number of unbranched alkanes of at least 4 members (excludes halogenated alkanes) is 13. The lowest BCUT2D eigenvalue weighted by Gasteiger charge is -2.25. The summed E-state index contributed by atoms with van der Waals surface area (Å²) in [4.78, 5) is 37.0. The Kier molecular flexibility index (Phi) is 35.8. The molecule has 0 heterocycles. The number of hydrogen-bond acceptors (Lipinski definition) is 7. The number of carboxylic acid groups (broad SMARTS) is 1. The summed E-state index contributed by atoms with van der Waals surface area (Å²) in [5, 5.41) is 9.62. The first-order chi connectivity index (χ1) is 26.6. The van der Waals surface area contributed by atoms with Gasteiger partial charge in [0.05, 0.1) is 34.4 Å². The Labute approximate surface area is 335 Å². The fourth-order valence-electron chi connectivity index (χ4n) is 5.41. The number of nitrogens with zero attached hydrogens (tertiary/aromatic N) is 1. The third-order valence-electron chi connectivity index (χ3n) is 8.76. The highest BCUT2D eigenvalue weighted by Gasteiger charge is 2.25. The summed E-state index contributed by atoms with van der Waals surface area (Å²) in [6.07, 6.45) is 41.3. The fourth-order valence-corrected chi connectivity index (χ4v) is 5.41. The second-order valence-electron chi connectivity index (χ2n) is 15.3. The topological polar surface area (TPSA) is 108 Å². The minimum Gasteiger partial charge on any atom is -0.477 e. The van der Waals surface area contributed by atoms with Crippen molar-refractivity contribution in [3.8, 4) is 0 Å². The molecule has 55 heavy (non-hydrogen) atoms. The Morgan fingerprint density at radius 2 is 1.04 bits per heavy atom. The molecular formula is C46H80NO8+. The molecule has 1 N–H and O–H groups in total. The van der Waals surface area contributed by atoms with Crippen molar-refractivity contribution < 1.29 is 42.9 Å². The molecule has 0 saturated carbocycles. The lowest BCUT2D eigenvalue weighted by molar-refractivity contribution is -0.870. The normalized spacial score (nSPS) is 13.5. The van der Waals surface area contributed by atoms with Crippen LogP contribution in [0.1, 0.15) is 155 Å². The van der Waals surface area contributed by atoms with Crippen LogP contribution in [0.2, 0.25) is 0 Å². The molecule has 0 spiro atoms. The SMILES string of the molecule is CC/C=C\C/C=C\C/C=C\CCCCCCCC(=O)OC(COC(=O)CCCCCCC/C=C\C/C=C\CCCCC)COC(OCC[N+](C)(C)C)C(=O)O. The maximum atomic E-state index is 12.7. The lowest BCUT2D eigenvalue weighted by atomic mass is 10.1. The number of ether oxygens (including phenoxy) is 4. The zero-order valence-corrected chi connectivity index (χ0v) is 35.6. The summed E-state index contributed by atoms with van der Waals surface area (Å²) in [6, 6.07) is 0. The van der Waals surface area contributed by atoms with E-state index in [0.717, 1.165) is 96.3 Å². The Morgan fingerprint density at radius 3 is 1.55 bits per heavy atom. The average Bonchev–Trinajstić information content (AvgIpc) is 3.14. The van der Waals surface area contributed by atoms with E-state index >= 15 is 0 Å². The molecular weight excluding hydrogens is 695 g/mol. The van der Waals surface area contributed by atoms with Gasteiger partial charge in [-0.25, -0.2) is 4.79 Å². The third kappa shape index (κ3) is 39.0. The van der Waals surface area contributed by atoms with Gasteiger partial charge in [0.25, 0.3) is 6.29 Å². The molecule has 0 aliphatic carbocycles. The second-order valence-corrected chi connectivity index (χ2v) is 15.3. The number of carboxylic acids is 1. The minimum absolute atomic E-state index is 0.179. The molecule has 2 atom stereocenters. The van der Waals surface area contributed by atoms with Crippen molar-refractivity contribution in [1.82, 2.24) is 0 Å². The molecule has 0 saturated heterocycles. The van der Waals surface area contributed by atoms with Crippen molar-refractivity contribution in [1.29, 1.82) is 0 Å². The summed E-state index contributed by atoms with van der Waals surface area (Å²) in [7, 11) is 5.93. The van der Waals surface area contributed by atoms with Crippen molar-refractivity contribution in [3.05, 3.63) is 60.8 Å². The number of quaternary nitrogens is 1. The fraction of sp³-hybridized carbons (Fsp3) is 0.717. The number of carbonyl (C=O) groups is 3. The van der Waals surface area contributed by atoms with E-state index in [2.05, 4.69) is 74.6 Å². The van der Waals surface area contributed by atoms with Gasteiger partial charge >= 0.3 is 17.9 Å². The van der Waals surface area contributed by atoms with Crippen LogP contribution in [0, 0.1) is 0 Å². The number of aliphatic carboxylic acids is 1. The first-order valence-electron chi connectivity index (χ1n) is 21.5. The van der Waals surface area contributed by atoms with Gasteiger partial charge in [-0.3, -0.25) is 9.59 Å². The lowest BCUT2D eigenvalue weighted by Crippen LogP contribution is -2.40. The minimum atomic E-state index is -1.52. The molecule has 9 heteroatoms. The zero-order chi connectivity index (χ0) is 40.7. The van der Waals surface area contributed by atoms with Crippen molar-refractivity contribution in [3.63, 3.8) is 0 Å². The molecule has 316 valence electrons. The van der Waals surface area contributed by atoms with Crippen LogP contribution in [-0.4, -0.2) is 87.4 Å². The molecule has 0 radical (unpaired) electrons. The molecule has 0 amide bonds. The molecule has 9 nitrogen and oxygen atoms in total. The molecule has 0 aromatic heterocycles. The maximum absolute atomic E-state index is 12.7. The highest BCUT2D eigenvalue weighted by Crippen LogP contribution is 2.12. The van der Waals surface area contributed by atoms with Gasteiger partial charge in [-0.2, -0.15) is 0 Å². The Balaban J connectivity index is 4.54. The molecule has 0 aliphatic rings. The second kappa shape index (κ2) is 37.9. The first-order valence-corrected chi connectivity index (χ1v) is 21.5. The van der Waals surface area contributed by atoms with Gasteiger partial charge in [-0.05, 0) is 77.0 Å². The van der Waals surface area contributed by atoms with Crippen LogP contribution in [0.15, 0.2) is 60.8 Å². The van der Waals surface area contributed by atoms with E-state index in [1.54, 1.807) is 0 Å². The monoisotopic (exact) mass is 775 g/mol. The summed E-state index contributed by atoms with van der Waals surface area (Å²) in [5.41, 5.74) is 0. The molecule has 0 rings (SSSR count). The van der Waals surface area contributed by atoms with Gasteiger partial charge in [-0.1, -0.05) is 126 Å². The van der Waals surface area contributed by atoms with E-state index in [4.69, 9.17) is 18.9 Å². The van der Waals surface area contributed by atoms with E-state index in [0.29, 0.717) is 17.4 Å². The number of hydrogen-bond donors (Lipinski definition) is 1. The van der Waals surface area contributed by atoms with Gasteiger partial charge in [-0.15, -0.1) is 0 Å². The van der Waals surface area contributed by atoms with Crippen molar-refractivity contribution in [2.24, 2.45) is 0 Å². The largest absolute Gasteiger partial charge is 0.477 e. The van der Waals surface area contributed by atoms with Crippen LogP contribution in [0.4, 0.5) is 0 Å². The van der Waals surface area contributed by atoms with Gasteiger partial charge in [0.2, 0.25) is 0 Å². The predicted molar refractivity (Wildman–Crippen MR) is 226 cm³/mol. The van der Waals surface area contributed by atoms with Crippen molar-refractivity contribution in [2.45, 2.75) is 167 Å². The molecule has 2 unspecified atom stereocenters. The Morgan fingerprint density at radius 1 is 0.564 bits per heavy atom. The average molecular weight is 775 g/mol. The number of rotatable bonds is 38. The molecule has 0 aromatic carbocycles. The number of likely N-dealkylation sites (N-methyl/N-ethyl adjacent to an activating group) is 1. The summed E-state index contributed by atoms with van der Waals surface area (Å²) in [5.74, 6) is -2.06. The number of esters is 2. The van der Waals surface area contributed by atoms with Gasteiger partial charge in [0.1, 0.15) is 13.2 Å². The van der Waals surface area contributed by atoms with Gasteiger partial charge in [0, 0.05) is 12.8 Å². The van der Waals surface area contributed by atoms with Crippen LogP contribution < -0.4 is 0 Å². The standard InChI is InChI=1S/C46H79NO8/c1-6-8-10-12-14-16-18-20-22-24-26-28-30-32-34-36-43(48)53-40-42(41-54-46(45(50)51)52-39-38-47(3,4)5)55-44(49)37-35-33-31-29-27-25-23-21-19-17-15-13-11-9-7-2/h9,11,14-17,20-23,42,46H,6-8,10,12-13,18-19,24-41H2,1-5H3/p+1/b11-9-,16-14-,17-15-,22-20-,23-21-. The third-order valence-corrected chi connectivity index (χ3v) is 8.76. The van der Waals surface area contributed by atoms with Crippen LogP contribution in [0.5, 0.6) is 0 Å². The molecule has 0 aliphatic heterocycles. The van der Waals surface area contributed by atoms with E-state index in [9.17, 15) is 19.5 Å². The Hall–Kier alpha value is -3.01. The van der Waals surface area contributed by atoms with E-state index in [1.165, 1.54) is 25.7 Å². The van der Waals surface area contributed by atoms with E-state index in [1.807, 2.05) is 21.1 Å².